The Morgan fingerprint density at radius 2 is 1.05 bits per heavy atom. The number of esters is 2. The van der Waals surface area contributed by atoms with Crippen molar-refractivity contribution in [3.63, 3.8) is 0 Å². The maximum atomic E-state index is 12.7. The Bertz CT molecular complexity index is 1330. The van der Waals surface area contributed by atoms with Gasteiger partial charge in [-0.2, -0.15) is 0 Å². The van der Waals surface area contributed by atoms with Crippen LogP contribution in [0.4, 0.5) is 0 Å². The molecule has 0 heterocycles. The van der Waals surface area contributed by atoms with Crippen LogP contribution >= 0.6 is 7.82 Å². The maximum Gasteiger partial charge on any atom is 0.472 e. The number of likely N-dealkylation sites (N-methyl/N-ethyl adjacent to an activating group) is 1. The first kappa shape index (κ1) is 58.1. The van der Waals surface area contributed by atoms with Crippen LogP contribution in [-0.4, -0.2) is 80.7 Å². The van der Waals surface area contributed by atoms with Crippen molar-refractivity contribution >= 4 is 25.5 Å². The highest BCUT2D eigenvalue weighted by atomic mass is 31.2. The van der Waals surface area contributed by atoms with Crippen LogP contribution in [0.1, 0.15) is 174 Å². The predicted octanol–water partition coefficient (Wildman–Crippen LogP) is 13.0. The van der Waals surface area contributed by atoms with Crippen LogP contribution in [-0.2, 0) is 37.5 Å². The van der Waals surface area contributed by atoms with Gasteiger partial charge in [0.2, 0.25) is 0 Å². The number of nitrogens with zero attached hydrogens (tertiary/aromatic N) is 1. The predicted molar refractivity (Wildman–Crippen MR) is 252 cm³/mol. The fourth-order valence-corrected chi connectivity index (χ4v) is 6.67. The zero-order chi connectivity index (χ0) is 45.1. The van der Waals surface area contributed by atoms with Gasteiger partial charge in [-0.15, -0.1) is 0 Å². The summed E-state index contributed by atoms with van der Waals surface area (Å²) in [6.45, 7) is 4.14. The van der Waals surface area contributed by atoms with Crippen LogP contribution in [0.5, 0.6) is 0 Å². The molecular formula is C50H87NO9P+. The molecule has 0 bridgehead atoms. The number of rotatable bonds is 42. The summed E-state index contributed by atoms with van der Waals surface area (Å²) < 4.78 is 34.3. The van der Waals surface area contributed by atoms with Gasteiger partial charge in [0.05, 0.1) is 27.7 Å². The molecule has 1 N–H and O–H groups in total. The minimum atomic E-state index is -4.41. The molecule has 10 nitrogen and oxygen atoms in total. The lowest BCUT2D eigenvalue weighted by molar-refractivity contribution is -0.870. The zero-order valence-corrected chi connectivity index (χ0v) is 40.0. The first-order valence-corrected chi connectivity index (χ1v) is 25.1. The number of phosphoric ester groups is 1. The summed E-state index contributed by atoms with van der Waals surface area (Å²) in [7, 11) is 1.40. The first-order valence-electron chi connectivity index (χ1n) is 23.6. The van der Waals surface area contributed by atoms with Gasteiger partial charge in [-0.05, 0) is 76.7 Å². The highest BCUT2D eigenvalue weighted by Crippen LogP contribution is 2.43. The second-order valence-corrected chi connectivity index (χ2v) is 18.3. The summed E-state index contributed by atoms with van der Waals surface area (Å²) in [5, 5.41) is 0. The van der Waals surface area contributed by atoms with Crippen molar-refractivity contribution in [2.24, 2.45) is 0 Å². The van der Waals surface area contributed by atoms with Gasteiger partial charge in [0.1, 0.15) is 19.8 Å². The summed E-state index contributed by atoms with van der Waals surface area (Å²) in [5.74, 6) is -0.737. The van der Waals surface area contributed by atoms with E-state index in [0.29, 0.717) is 36.7 Å². The number of phosphoric acid groups is 1. The van der Waals surface area contributed by atoms with Crippen LogP contribution < -0.4 is 0 Å². The number of quaternary nitrogens is 1. The Hall–Kier alpha value is -2.88. The van der Waals surface area contributed by atoms with E-state index >= 15 is 0 Å². The summed E-state index contributed by atoms with van der Waals surface area (Å²) in [5.41, 5.74) is 0. The number of hydrogen-bond acceptors (Lipinski definition) is 8. The summed E-state index contributed by atoms with van der Waals surface area (Å²) in [6, 6.07) is 0. The lowest BCUT2D eigenvalue weighted by Crippen LogP contribution is -2.37. The second-order valence-electron chi connectivity index (χ2n) is 16.8. The van der Waals surface area contributed by atoms with Gasteiger partial charge in [-0.25, -0.2) is 4.57 Å². The van der Waals surface area contributed by atoms with Gasteiger partial charge in [0.25, 0.3) is 0 Å². The van der Waals surface area contributed by atoms with E-state index in [9.17, 15) is 23.8 Å². The van der Waals surface area contributed by atoms with Crippen molar-refractivity contribution in [2.75, 3.05) is 47.5 Å². The summed E-state index contributed by atoms with van der Waals surface area (Å²) in [6.07, 6.45) is 47.9. The van der Waals surface area contributed by atoms with E-state index < -0.39 is 32.5 Å². The van der Waals surface area contributed by atoms with E-state index in [-0.39, 0.29) is 31.8 Å². The number of ketones is 1. The molecular weight excluding hydrogens is 790 g/mol. The molecule has 0 saturated carbocycles. The molecule has 2 atom stereocenters. The van der Waals surface area contributed by atoms with Gasteiger partial charge in [-0.3, -0.25) is 23.4 Å². The van der Waals surface area contributed by atoms with Crippen molar-refractivity contribution in [2.45, 2.75) is 180 Å². The van der Waals surface area contributed by atoms with E-state index in [4.69, 9.17) is 18.5 Å². The number of hydrogen-bond donors (Lipinski definition) is 1. The molecule has 0 amide bonds. The number of carbonyl (C=O) groups is 3. The quantitative estimate of drug-likeness (QED) is 0.0121. The number of allylic oxidation sites excluding steroid dienone is 12. The van der Waals surface area contributed by atoms with Crippen molar-refractivity contribution in [1.82, 2.24) is 0 Å². The van der Waals surface area contributed by atoms with Crippen LogP contribution in [0.3, 0.4) is 0 Å². The first-order chi connectivity index (χ1) is 29.4. The van der Waals surface area contributed by atoms with E-state index in [0.717, 1.165) is 64.2 Å². The van der Waals surface area contributed by atoms with Crippen LogP contribution in [0.25, 0.3) is 0 Å². The molecule has 350 valence electrons. The monoisotopic (exact) mass is 877 g/mol. The van der Waals surface area contributed by atoms with Crippen molar-refractivity contribution in [1.29, 1.82) is 0 Å². The van der Waals surface area contributed by atoms with E-state index in [1.807, 2.05) is 45.4 Å². The zero-order valence-electron chi connectivity index (χ0n) is 39.1. The molecule has 0 aliphatic heterocycles. The Morgan fingerprint density at radius 3 is 1.66 bits per heavy atom. The van der Waals surface area contributed by atoms with Crippen LogP contribution in [0.2, 0.25) is 0 Å². The molecule has 11 heteroatoms. The Kier molecular flexibility index (Phi) is 39.2. The van der Waals surface area contributed by atoms with Crippen LogP contribution in [0, 0.1) is 0 Å². The van der Waals surface area contributed by atoms with E-state index in [2.05, 4.69) is 50.3 Å². The second kappa shape index (κ2) is 41.1. The lowest BCUT2D eigenvalue weighted by Gasteiger charge is -2.24. The highest BCUT2D eigenvalue weighted by Gasteiger charge is 2.27. The average Bonchev–Trinajstić information content (AvgIpc) is 3.21. The third-order valence-corrected chi connectivity index (χ3v) is 10.7. The molecule has 0 radical (unpaired) electrons. The molecule has 0 aliphatic rings. The van der Waals surface area contributed by atoms with Crippen molar-refractivity contribution in [3.8, 4) is 0 Å². The van der Waals surface area contributed by atoms with Crippen molar-refractivity contribution < 1.29 is 46.8 Å². The standard InChI is InChI=1S/C50H86NO9P/c1-6-8-10-11-12-13-14-15-16-17-18-19-20-21-24-28-31-34-38-42-50(54)60-48(46-59-61(55,56)58-44-43-51(3,4)5)45-57-49(53)41-37-33-30-27-25-22-23-26-29-32-36-40-47(52)39-35-9-7-2/h12-13,15-16,22-23,27,29-30,32,36,40,48H,6-11,14,17-21,24-26,28,31,33-35,37-39,41-46H2,1-5H3/p+1/b13-12-,16-15-,23-22-,30-27-,32-29-,40-36+/t48-/m1/s1. The molecule has 1 unspecified atom stereocenters. The van der Waals surface area contributed by atoms with Gasteiger partial charge in [-0.1, -0.05) is 151 Å². The summed E-state index contributed by atoms with van der Waals surface area (Å²) in [4.78, 5) is 47.2. The minimum Gasteiger partial charge on any atom is -0.462 e. The largest absolute Gasteiger partial charge is 0.472 e. The fraction of sp³-hybridized carbons (Fsp3) is 0.700. The Morgan fingerprint density at radius 1 is 0.557 bits per heavy atom. The maximum absolute atomic E-state index is 12.7. The van der Waals surface area contributed by atoms with E-state index in [1.54, 1.807) is 12.2 Å². The molecule has 61 heavy (non-hydrogen) atoms. The highest BCUT2D eigenvalue weighted by molar-refractivity contribution is 7.47. The molecule has 0 aromatic heterocycles. The van der Waals surface area contributed by atoms with Gasteiger partial charge >= 0.3 is 19.8 Å². The summed E-state index contributed by atoms with van der Waals surface area (Å²) >= 11 is 0. The third kappa shape index (κ3) is 45.0. The van der Waals surface area contributed by atoms with Gasteiger partial charge in [0, 0.05) is 19.3 Å². The van der Waals surface area contributed by atoms with Crippen molar-refractivity contribution in [3.05, 3.63) is 72.9 Å². The minimum absolute atomic E-state index is 0.00912. The number of ether oxygens (including phenoxy) is 2. The Balaban J connectivity index is 4.45. The topological polar surface area (TPSA) is 125 Å². The number of carbonyl (C=O) groups excluding carboxylic acids is 3. The van der Waals surface area contributed by atoms with Gasteiger partial charge < -0.3 is 18.9 Å². The molecule has 0 rings (SSSR count). The number of unbranched alkanes of at least 4 members (excludes halogenated alkanes) is 15. The SMILES string of the molecule is CCCCC/C=C\C/C=C\CCCCCCCCCCCC(=O)O[C@H](COC(=O)CCC/C=C\C/C=C\C/C=C\C=C\C(=O)CCCCC)COP(=O)(O)OCC[N+](C)(C)C. The smallest absolute Gasteiger partial charge is 0.462 e. The normalized spacial score (nSPS) is 14.1. The Labute approximate surface area is 372 Å². The molecule has 0 aromatic carbocycles. The third-order valence-electron chi connectivity index (χ3n) is 9.69. The average molecular weight is 877 g/mol. The molecule has 0 aliphatic carbocycles. The van der Waals surface area contributed by atoms with E-state index in [1.165, 1.54) is 57.8 Å². The van der Waals surface area contributed by atoms with Crippen LogP contribution in [0.15, 0.2) is 72.9 Å². The fourth-order valence-electron chi connectivity index (χ4n) is 5.93. The molecule has 0 spiro atoms. The molecule has 0 saturated heterocycles. The van der Waals surface area contributed by atoms with Gasteiger partial charge in [0.15, 0.2) is 11.9 Å². The lowest BCUT2D eigenvalue weighted by atomic mass is 10.1. The molecule has 0 aromatic rings. The molecule has 0 fully saturated rings.